The quantitative estimate of drug-likeness (QED) is 0.794. The van der Waals surface area contributed by atoms with Crippen molar-refractivity contribution in [3.05, 3.63) is 65.2 Å². The van der Waals surface area contributed by atoms with E-state index in [9.17, 15) is 4.79 Å². The molecule has 1 aliphatic rings. The zero-order valence-electron chi connectivity index (χ0n) is 14.5. The molecule has 1 aliphatic carbocycles. The lowest BCUT2D eigenvalue weighted by Gasteiger charge is -2.26. The maximum atomic E-state index is 11.0. The highest BCUT2D eigenvalue weighted by Gasteiger charge is 2.21. The van der Waals surface area contributed by atoms with Crippen LogP contribution >= 0.6 is 0 Å². The Kier molecular flexibility index (Phi) is 5.71. The Morgan fingerprint density at radius 1 is 1.20 bits per heavy atom. The van der Waals surface area contributed by atoms with Crippen molar-refractivity contribution < 1.29 is 19.4 Å². The molecule has 2 aromatic carbocycles. The monoisotopic (exact) mass is 340 g/mol. The van der Waals surface area contributed by atoms with Gasteiger partial charge in [-0.05, 0) is 55.0 Å². The van der Waals surface area contributed by atoms with Crippen LogP contribution in [-0.4, -0.2) is 17.7 Å². The number of fused-ring (bicyclic) bond motifs is 1. The number of aliphatic carboxylic acids is 1. The number of benzene rings is 2. The molecule has 0 heterocycles. The van der Waals surface area contributed by atoms with Crippen molar-refractivity contribution >= 4 is 5.97 Å². The second kappa shape index (κ2) is 8.17. The van der Waals surface area contributed by atoms with Crippen LogP contribution < -0.4 is 4.74 Å². The fraction of sp³-hybridized carbons (Fsp3) is 0.381. The first-order valence-electron chi connectivity index (χ1n) is 8.85. The van der Waals surface area contributed by atoms with Gasteiger partial charge in [-0.25, -0.2) is 0 Å². The van der Waals surface area contributed by atoms with E-state index in [0.717, 1.165) is 30.6 Å². The average Bonchev–Trinajstić information content (AvgIpc) is 2.62. The van der Waals surface area contributed by atoms with E-state index >= 15 is 0 Å². The minimum atomic E-state index is -0.863. The summed E-state index contributed by atoms with van der Waals surface area (Å²) in [6.45, 7) is 2.35. The van der Waals surface area contributed by atoms with E-state index in [1.807, 2.05) is 31.2 Å². The highest BCUT2D eigenvalue weighted by atomic mass is 16.5. The molecule has 0 amide bonds. The molecule has 25 heavy (non-hydrogen) atoms. The summed E-state index contributed by atoms with van der Waals surface area (Å²) in [6.07, 6.45) is 2.87. The summed E-state index contributed by atoms with van der Waals surface area (Å²) in [5.41, 5.74) is 3.50. The van der Waals surface area contributed by atoms with Crippen LogP contribution in [0.2, 0.25) is 0 Å². The van der Waals surface area contributed by atoms with Crippen LogP contribution in [0.5, 0.6) is 5.75 Å². The van der Waals surface area contributed by atoms with E-state index in [1.165, 1.54) is 11.1 Å². The Morgan fingerprint density at radius 3 is 2.68 bits per heavy atom. The van der Waals surface area contributed by atoms with Gasteiger partial charge in [-0.15, -0.1) is 0 Å². The Balaban J connectivity index is 1.72. The maximum Gasteiger partial charge on any atom is 0.306 e. The van der Waals surface area contributed by atoms with Crippen LogP contribution in [0.3, 0.4) is 0 Å². The normalized spacial score (nSPS) is 17.6. The minimum Gasteiger partial charge on any atom is -0.486 e. The van der Waals surface area contributed by atoms with Gasteiger partial charge < -0.3 is 14.6 Å². The van der Waals surface area contributed by atoms with Gasteiger partial charge in [0.05, 0.1) is 12.5 Å². The maximum absolute atomic E-state index is 11.0. The van der Waals surface area contributed by atoms with Crippen molar-refractivity contribution in [2.45, 2.75) is 44.8 Å². The Morgan fingerprint density at radius 2 is 1.96 bits per heavy atom. The minimum absolute atomic E-state index is 0.0377. The molecule has 4 heteroatoms. The lowest BCUT2D eigenvalue weighted by molar-refractivity contribution is -0.140. The summed E-state index contributed by atoms with van der Waals surface area (Å²) < 4.78 is 11.8. The van der Waals surface area contributed by atoms with Crippen molar-refractivity contribution in [3.8, 4) is 5.75 Å². The largest absolute Gasteiger partial charge is 0.486 e. The Bertz CT molecular complexity index is 708. The van der Waals surface area contributed by atoms with Gasteiger partial charge in [-0.2, -0.15) is 0 Å². The fourth-order valence-corrected chi connectivity index (χ4v) is 3.39. The molecule has 2 atom stereocenters. The van der Waals surface area contributed by atoms with Gasteiger partial charge in [-0.1, -0.05) is 36.4 Å². The Labute approximate surface area is 148 Å². The van der Waals surface area contributed by atoms with Crippen LogP contribution in [0.1, 0.15) is 55.1 Å². The number of carboxylic acid groups (broad SMARTS) is 1. The number of carboxylic acids is 1. The zero-order valence-corrected chi connectivity index (χ0v) is 14.5. The molecule has 0 aromatic heterocycles. The molecule has 0 unspecified atom stereocenters. The second-order valence-electron chi connectivity index (χ2n) is 6.31. The van der Waals surface area contributed by atoms with Crippen molar-refractivity contribution in [3.63, 3.8) is 0 Å². The lowest BCUT2D eigenvalue weighted by Crippen LogP contribution is -2.15. The number of rotatable bonds is 7. The van der Waals surface area contributed by atoms with Crippen LogP contribution in [0.15, 0.2) is 48.5 Å². The van der Waals surface area contributed by atoms with Crippen LogP contribution in [-0.2, 0) is 16.0 Å². The molecule has 4 nitrogen and oxygen atoms in total. The van der Waals surface area contributed by atoms with Crippen LogP contribution in [0.4, 0.5) is 0 Å². The topological polar surface area (TPSA) is 55.8 Å². The molecule has 0 spiro atoms. The van der Waals surface area contributed by atoms with Crippen LogP contribution in [0.25, 0.3) is 0 Å². The highest BCUT2D eigenvalue weighted by Crippen LogP contribution is 2.34. The number of hydrogen-bond donors (Lipinski definition) is 1. The molecule has 0 fully saturated rings. The molecule has 1 N–H and O–H groups in total. The summed E-state index contributed by atoms with van der Waals surface area (Å²) in [4.78, 5) is 11.0. The number of aryl methyl sites for hydroxylation is 1. The van der Waals surface area contributed by atoms with E-state index in [0.29, 0.717) is 6.61 Å². The van der Waals surface area contributed by atoms with Gasteiger partial charge in [0.1, 0.15) is 11.9 Å². The van der Waals surface area contributed by atoms with E-state index in [-0.39, 0.29) is 12.5 Å². The van der Waals surface area contributed by atoms with Gasteiger partial charge in [0.25, 0.3) is 0 Å². The van der Waals surface area contributed by atoms with E-state index in [4.69, 9.17) is 14.6 Å². The van der Waals surface area contributed by atoms with Gasteiger partial charge in [0.2, 0.25) is 0 Å². The third-order valence-electron chi connectivity index (χ3n) is 4.57. The smallest absolute Gasteiger partial charge is 0.306 e. The van der Waals surface area contributed by atoms with Crippen LogP contribution in [0, 0.1) is 0 Å². The van der Waals surface area contributed by atoms with Gasteiger partial charge in [-0.3, -0.25) is 4.79 Å². The zero-order chi connectivity index (χ0) is 17.6. The van der Waals surface area contributed by atoms with Crippen molar-refractivity contribution in [2.75, 3.05) is 6.61 Å². The third kappa shape index (κ3) is 4.40. The predicted octanol–water partition coefficient (Wildman–Crippen LogP) is 4.70. The summed E-state index contributed by atoms with van der Waals surface area (Å²) in [5.74, 6) is -0.0615. The molecule has 0 saturated heterocycles. The van der Waals surface area contributed by atoms with E-state index in [2.05, 4.69) is 24.3 Å². The first kappa shape index (κ1) is 17.5. The third-order valence-corrected chi connectivity index (χ3v) is 4.57. The van der Waals surface area contributed by atoms with E-state index in [1.54, 1.807) is 0 Å². The SMILES string of the molecule is CCO[C@@H](CC(=O)O)c1ccc(O[C@@H]2CCCc3ccccc32)cc1. The molecular weight excluding hydrogens is 316 g/mol. The summed E-state index contributed by atoms with van der Waals surface area (Å²) in [7, 11) is 0. The standard InChI is InChI=1S/C21H24O4/c1-2-24-20(14-21(22)23)16-10-12-17(13-11-16)25-19-9-5-7-15-6-3-4-8-18(15)19/h3-4,6,8,10-13,19-20H,2,5,7,9,14H2,1H3,(H,22,23)/t19-,20+/m1/s1. The van der Waals surface area contributed by atoms with Crippen molar-refractivity contribution in [1.29, 1.82) is 0 Å². The number of carbonyl (C=O) groups is 1. The molecule has 0 saturated carbocycles. The van der Waals surface area contributed by atoms with Crippen molar-refractivity contribution in [2.24, 2.45) is 0 Å². The predicted molar refractivity (Wildman–Crippen MR) is 95.8 cm³/mol. The fourth-order valence-electron chi connectivity index (χ4n) is 3.39. The average molecular weight is 340 g/mol. The van der Waals surface area contributed by atoms with E-state index < -0.39 is 12.1 Å². The molecule has 132 valence electrons. The van der Waals surface area contributed by atoms with Gasteiger partial charge in [0, 0.05) is 6.61 Å². The number of ether oxygens (including phenoxy) is 2. The first-order chi connectivity index (χ1) is 12.2. The molecule has 2 aromatic rings. The molecule has 0 radical (unpaired) electrons. The first-order valence-corrected chi connectivity index (χ1v) is 8.85. The van der Waals surface area contributed by atoms with Crippen molar-refractivity contribution in [1.82, 2.24) is 0 Å². The van der Waals surface area contributed by atoms with Gasteiger partial charge in [0.15, 0.2) is 0 Å². The summed E-state index contributed by atoms with van der Waals surface area (Å²) in [6, 6.07) is 16.0. The van der Waals surface area contributed by atoms with Gasteiger partial charge >= 0.3 is 5.97 Å². The molecular formula is C21H24O4. The molecule has 0 aliphatic heterocycles. The summed E-state index contributed by atoms with van der Waals surface area (Å²) in [5, 5.41) is 9.03. The molecule has 0 bridgehead atoms. The molecule has 3 rings (SSSR count). The second-order valence-corrected chi connectivity index (χ2v) is 6.31. The number of hydrogen-bond acceptors (Lipinski definition) is 3. The Hall–Kier alpha value is -2.33. The lowest BCUT2D eigenvalue weighted by atomic mass is 9.89. The summed E-state index contributed by atoms with van der Waals surface area (Å²) >= 11 is 0. The highest BCUT2D eigenvalue weighted by molar-refractivity contribution is 5.67.